The van der Waals surface area contributed by atoms with Crippen LogP contribution in [-0.2, 0) is 12.7 Å². The lowest BCUT2D eigenvalue weighted by Gasteiger charge is -2.08. The van der Waals surface area contributed by atoms with Gasteiger partial charge in [-0.05, 0) is 42.5 Å². The van der Waals surface area contributed by atoms with Crippen molar-refractivity contribution in [3.63, 3.8) is 0 Å². The Balaban J connectivity index is 1.48. The molecule has 0 bridgehead atoms. The Morgan fingerprint density at radius 3 is 2.51 bits per heavy atom. The molecule has 37 heavy (non-hydrogen) atoms. The number of benzene rings is 2. The number of pyridine rings is 1. The van der Waals surface area contributed by atoms with Gasteiger partial charge in [-0.25, -0.2) is 9.67 Å². The quantitative estimate of drug-likeness (QED) is 0.357. The second-order valence-corrected chi connectivity index (χ2v) is 8.11. The van der Waals surface area contributed by atoms with Crippen molar-refractivity contribution >= 4 is 10.9 Å². The third-order valence-electron chi connectivity index (χ3n) is 5.64. The second-order valence-electron chi connectivity index (χ2n) is 8.11. The number of nitrogens with zero attached hydrogens (tertiary/aromatic N) is 5. The van der Waals surface area contributed by atoms with E-state index in [9.17, 15) is 18.0 Å². The summed E-state index contributed by atoms with van der Waals surface area (Å²) in [5.74, 6) is 0. The third-order valence-corrected chi connectivity index (χ3v) is 5.64. The molecule has 5 rings (SSSR count). The first-order valence-electron chi connectivity index (χ1n) is 11.3. The highest BCUT2D eigenvalue weighted by molar-refractivity contribution is 5.94. The third kappa shape index (κ3) is 5.07. The minimum Gasteiger partial charge on any atom is -0.461 e. The molecule has 0 spiro atoms. The van der Waals surface area contributed by atoms with Crippen molar-refractivity contribution in [3.8, 4) is 23.0 Å². The molecule has 0 aliphatic carbocycles. The molecule has 3 aromatic heterocycles. The van der Waals surface area contributed by atoms with Crippen molar-refractivity contribution in [2.24, 2.45) is 0 Å². The fraction of sp³-hybridized carbons (Fsp3) is 0.154. The van der Waals surface area contributed by atoms with Gasteiger partial charge < -0.3 is 14.4 Å². The number of halogens is 3. The van der Waals surface area contributed by atoms with Crippen molar-refractivity contribution in [1.29, 1.82) is 0 Å². The summed E-state index contributed by atoms with van der Waals surface area (Å²) in [7, 11) is 0. The molecule has 11 heteroatoms. The highest BCUT2D eigenvalue weighted by Gasteiger charge is 2.30. The molecule has 8 nitrogen and oxygen atoms in total. The van der Waals surface area contributed by atoms with E-state index in [2.05, 4.69) is 15.1 Å². The molecule has 0 atom stereocenters. The first-order chi connectivity index (χ1) is 17.8. The van der Waals surface area contributed by atoms with E-state index >= 15 is 0 Å². The average Bonchev–Trinajstić information content (AvgIpc) is 3.28. The molecule has 1 N–H and O–H groups in total. The van der Waals surface area contributed by atoms with E-state index < -0.39 is 11.7 Å². The van der Waals surface area contributed by atoms with E-state index in [4.69, 9.17) is 9.84 Å². The number of ether oxygens (including phenoxy) is 1. The number of aromatic nitrogens is 5. The van der Waals surface area contributed by atoms with Crippen molar-refractivity contribution in [3.05, 3.63) is 101 Å². The van der Waals surface area contributed by atoms with Gasteiger partial charge >= 0.3 is 12.2 Å². The summed E-state index contributed by atoms with van der Waals surface area (Å²) in [4.78, 5) is 21.1. The number of rotatable bonds is 7. The average molecular weight is 507 g/mol. The summed E-state index contributed by atoms with van der Waals surface area (Å²) >= 11 is 0. The highest BCUT2D eigenvalue weighted by Crippen LogP contribution is 2.32. The fourth-order valence-corrected chi connectivity index (χ4v) is 3.90. The number of hydrogen-bond donors (Lipinski definition) is 1. The molecule has 188 valence electrons. The maximum Gasteiger partial charge on any atom is 0.416 e. The van der Waals surface area contributed by atoms with Crippen molar-refractivity contribution in [2.75, 3.05) is 13.2 Å². The molecule has 0 amide bonds. The van der Waals surface area contributed by atoms with Gasteiger partial charge in [0, 0.05) is 29.4 Å². The van der Waals surface area contributed by atoms with Crippen LogP contribution in [0.2, 0.25) is 0 Å². The Labute approximate surface area is 208 Å². The van der Waals surface area contributed by atoms with Crippen LogP contribution in [0.4, 0.5) is 13.2 Å². The molecule has 3 heterocycles. The van der Waals surface area contributed by atoms with Crippen LogP contribution in [0.1, 0.15) is 11.3 Å². The molecule has 0 fully saturated rings. The van der Waals surface area contributed by atoms with Gasteiger partial charge in [0.1, 0.15) is 12.3 Å². The van der Waals surface area contributed by atoms with E-state index in [1.54, 1.807) is 23.0 Å². The highest BCUT2D eigenvalue weighted by atomic mass is 19.4. The first-order valence-corrected chi connectivity index (χ1v) is 11.3. The summed E-state index contributed by atoms with van der Waals surface area (Å²) < 4.78 is 47.3. The summed E-state index contributed by atoms with van der Waals surface area (Å²) in [6, 6.07) is 17.0. The fourth-order valence-electron chi connectivity index (χ4n) is 3.90. The van der Waals surface area contributed by atoms with Gasteiger partial charge in [-0.2, -0.15) is 23.3 Å². The number of alkyl halides is 3. The van der Waals surface area contributed by atoms with Crippen LogP contribution in [0.5, 0.6) is 6.01 Å². The molecular formula is C26H20F3N5O3. The molecule has 0 saturated carbocycles. The number of fused-ring (bicyclic) bond motifs is 1. The predicted octanol–water partition coefficient (Wildman–Crippen LogP) is 4.08. The summed E-state index contributed by atoms with van der Waals surface area (Å²) in [5.41, 5.74) is 1.77. The van der Waals surface area contributed by atoms with Gasteiger partial charge in [0.25, 0.3) is 5.56 Å². The number of aliphatic hydroxyl groups excluding tert-OH is 1. The monoisotopic (exact) mass is 507 g/mol. The SMILES string of the molecule is O=c1cc(-c2nn(-c3ccc(C(F)(F)F)cc3)c3ccccc23)ccn1Cc1ccnc(OCCO)n1. The lowest BCUT2D eigenvalue weighted by molar-refractivity contribution is -0.137. The Morgan fingerprint density at radius 1 is 1.00 bits per heavy atom. The van der Waals surface area contributed by atoms with Gasteiger partial charge in [0.2, 0.25) is 0 Å². The van der Waals surface area contributed by atoms with Gasteiger partial charge in [0.15, 0.2) is 0 Å². The Morgan fingerprint density at radius 2 is 1.78 bits per heavy atom. The molecule has 0 aliphatic heterocycles. The molecule has 5 aromatic rings. The molecular weight excluding hydrogens is 487 g/mol. The van der Waals surface area contributed by atoms with Crippen LogP contribution in [0, 0.1) is 0 Å². The van der Waals surface area contributed by atoms with Crippen LogP contribution in [0.25, 0.3) is 27.8 Å². The summed E-state index contributed by atoms with van der Waals surface area (Å²) in [6.07, 6.45) is -1.30. The smallest absolute Gasteiger partial charge is 0.416 e. The topological polar surface area (TPSA) is 95.1 Å². The lowest BCUT2D eigenvalue weighted by Crippen LogP contribution is -2.20. The van der Waals surface area contributed by atoms with Crippen LogP contribution in [0.15, 0.2) is 83.9 Å². The van der Waals surface area contributed by atoms with E-state index in [1.165, 1.54) is 29.0 Å². The van der Waals surface area contributed by atoms with Crippen molar-refractivity contribution in [2.45, 2.75) is 12.7 Å². The van der Waals surface area contributed by atoms with Crippen LogP contribution >= 0.6 is 0 Å². The van der Waals surface area contributed by atoms with Crippen molar-refractivity contribution < 1.29 is 23.0 Å². The number of para-hydroxylation sites is 1. The second kappa shape index (κ2) is 9.86. The zero-order chi connectivity index (χ0) is 26.0. The standard InChI is InChI=1S/C26H20F3N5O3/c27-26(28,29)18-5-7-20(8-6-18)34-22-4-2-1-3-21(22)24(32-34)17-10-12-33(23(36)15-17)16-19-9-11-30-25(31-19)37-14-13-35/h1-12,15,35H,13-14,16H2. The normalized spacial score (nSPS) is 11.7. The minimum absolute atomic E-state index is 0.0607. The molecule has 2 aromatic carbocycles. The van der Waals surface area contributed by atoms with E-state index in [-0.39, 0.29) is 31.3 Å². The zero-order valence-electron chi connectivity index (χ0n) is 19.3. The summed E-state index contributed by atoms with van der Waals surface area (Å²) in [6.45, 7) is 0.0703. The number of hydrogen-bond acceptors (Lipinski definition) is 6. The molecule has 0 unspecified atom stereocenters. The van der Waals surface area contributed by atoms with Gasteiger partial charge in [-0.1, -0.05) is 18.2 Å². The maximum atomic E-state index is 13.0. The largest absolute Gasteiger partial charge is 0.461 e. The minimum atomic E-state index is -4.43. The van der Waals surface area contributed by atoms with E-state index in [0.717, 1.165) is 17.5 Å². The van der Waals surface area contributed by atoms with E-state index in [0.29, 0.717) is 28.2 Å². The van der Waals surface area contributed by atoms with Crippen LogP contribution in [-0.4, -0.2) is 42.6 Å². The van der Waals surface area contributed by atoms with Gasteiger partial charge in [-0.3, -0.25) is 4.79 Å². The lowest BCUT2D eigenvalue weighted by atomic mass is 10.1. The summed E-state index contributed by atoms with van der Waals surface area (Å²) in [5, 5.41) is 14.3. The predicted molar refractivity (Wildman–Crippen MR) is 129 cm³/mol. The zero-order valence-corrected chi connectivity index (χ0v) is 19.3. The molecule has 0 radical (unpaired) electrons. The molecule has 0 saturated heterocycles. The van der Waals surface area contributed by atoms with Gasteiger partial charge in [-0.15, -0.1) is 0 Å². The van der Waals surface area contributed by atoms with Gasteiger partial charge in [0.05, 0.1) is 35.6 Å². The Hall–Kier alpha value is -4.51. The van der Waals surface area contributed by atoms with Crippen LogP contribution < -0.4 is 10.3 Å². The number of aliphatic hydroxyl groups is 1. The van der Waals surface area contributed by atoms with Crippen molar-refractivity contribution in [1.82, 2.24) is 24.3 Å². The Kier molecular flexibility index (Phi) is 6.45. The molecule has 0 aliphatic rings. The van der Waals surface area contributed by atoms with E-state index in [1.807, 2.05) is 24.3 Å². The van der Waals surface area contributed by atoms with Crippen LogP contribution in [0.3, 0.4) is 0 Å². The maximum absolute atomic E-state index is 13.0. The first kappa shape index (κ1) is 24.2. The Bertz CT molecular complexity index is 1610.